The van der Waals surface area contributed by atoms with Gasteiger partial charge in [-0.1, -0.05) is 24.3 Å². The molecule has 0 saturated carbocycles. The smallest absolute Gasteiger partial charge is 0.317 e. The number of urea groups is 1. The van der Waals surface area contributed by atoms with E-state index in [0.717, 1.165) is 13.0 Å². The number of carbonyl (C=O) groups excluding carboxylic acids is 1. The van der Waals surface area contributed by atoms with Crippen LogP contribution in [0.25, 0.3) is 0 Å². The SMILES string of the molecule is O=C(NCCCOc1ccc(F)cc1)N1CCc2ccccc2C1. The number of halogens is 1. The van der Waals surface area contributed by atoms with E-state index in [0.29, 0.717) is 31.9 Å². The van der Waals surface area contributed by atoms with Gasteiger partial charge in [-0.05, 0) is 48.2 Å². The number of nitrogens with one attached hydrogen (secondary N) is 1. The first-order valence-corrected chi connectivity index (χ1v) is 8.20. The Balaban J connectivity index is 1.36. The normalized spacial score (nSPS) is 13.3. The van der Waals surface area contributed by atoms with Crippen molar-refractivity contribution < 1.29 is 13.9 Å². The molecule has 0 fully saturated rings. The van der Waals surface area contributed by atoms with Crippen molar-refractivity contribution in [3.05, 3.63) is 65.5 Å². The number of nitrogens with zero attached hydrogens (tertiary/aromatic N) is 1. The average molecular weight is 328 g/mol. The first kappa shape index (κ1) is 16.3. The highest BCUT2D eigenvalue weighted by Gasteiger charge is 2.19. The molecule has 1 heterocycles. The number of benzene rings is 2. The molecule has 0 saturated heterocycles. The van der Waals surface area contributed by atoms with Crippen LogP contribution in [0.1, 0.15) is 17.5 Å². The lowest BCUT2D eigenvalue weighted by Crippen LogP contribution is -2.43. The molecule has 0 unspecified atom stereocenters. The van der Waals surface area contributed by atoms with E-state index in [1.54, 1.807) is 12.1 Å². The first-order valence-electron chi connectivity index (χ1n) is 8.20. The predicted octanol–water partition coefficient (Wildman–Crippen LogP) is 3.36. The van der Waals surface area contributed by atoms with Crippen molar-refractivity contribution in [2.24, 2.45) is 0 Å². The molecule has 1 aliphatic rings. The number of ether oxygens (including phenoxy) is 1. The molecule has 126 valence electrons. The zero-order chi connectivity index (χ0) is 16.8. The van der Waals surface area contributed by atoms with E-state index in [4.69, 9.17) is 4.74 Å². The van der Waals surface area contributed by atoms with Gasteiger partial charge >= 0.3 is 6.03 Å². The summed E-state index contributed by atoms with van der Waals surface area (Å²) in [6.45, 7) is 2.44. The summed E-state index contributed by atoms with van der Waals surface area (Å²) in [6, 6.07) is 14.1. The zero-order valence-electron chi connectivity index (χ0n) is 13.5. The summed E-state index contributed by atoms with van der Waals surface area (Å²) < 4.78 is 18.3. The molecule has 1 aliphatic heterocycles. The Morgan fingerprint density at radius 1 is 1.12 bits per heavy atom. The van der Waals surface area contributed by atoms with Crippen LogP contribution < -0.4 is 10.1 Å². The van der Waals surface area contributed by atoms with Gasteiger partial charge in [0.25, 0.3) is 0 Å². The standard InChI is InChI=1S/C19H21FN2O2/c20-17-6-8-18(9-7-17)24-13-3-11-21-19(23)22-12-10-15-4-1-2-5-16(15)14-22/h1-2,4-9H,3,10-14H2,(H,21,23). The first-order chi connectivity index (χ1) is 11.7. The molecule has 0 aliphatic carbocycles. The molecule has 0 radical (unpaired) electrons. The summed E-state index contributed by atoms with van der Waals surface area (Å²) in [7, 11) is 0. The third kappa shape index (κ3) is 4.25. The molecule has 0 spiro atoms. The van der Waals surface area contributed by atoms with Crippen LogP contribution in [0.3, 0.4) is 0 Å². The minimum Gasteiger partial charge on any atom is -0.494 e. The molecule has 2 aromatic rings. The number of hydrogen-bond donors (Lipinski definition) is 1. The summed E-state index contributed by atoms with van der Waals surface area (Å²) in [6.07, 6.45) is 1.60. The summed E-state index contributed by atoms with van der Waals surface area (Å²) in [5.74, 6) is 0.355. The topological polar surface area (TPSA) is 41.6 Å². The number of fused-ring (bicyclic) bond motifs is 1. The van der Waals surface area contributed by atoms with Gasteiger partial charge < -0.3 is 15.0 Å². The molecule has 2 amide bonds. The van der Waals surface area contributed by atoms with Gasteiger partial charge in [-0.15, -0.1) is 0 Å². The highest BCUT2D eigenvalue weighted by molar-refractivity contribution is 5.74. The van der Waals surface area contributed by atoms with Crippen molar-refractivity contribution in [3.63, 3.8) is 0 Å². The van der Waals surface area contributed by atoms with Gasteiger partial charge in [0, 0.05) is 19.6 Å². The van der Waals surface area contributed by atoms with E-state index in [2.05, 4.69) is 17.4 Å². The Bertz CT molecular complexity index is 688. The van der Waals surface area contributed by atoms with Crippen LogP contribution in [0.15, 0.2) is 48.5 Å². The summed E-state index contributed by atoms with van der Waals surface area (Å²) in [5, 5.41) is 2.93. The fraction of sp³-hybridized carbons (Fsp3) is 0.316. The minimum atomic E-state index is -0.280. The molecular weight excluding hydrogens is 307 g/mol. The van der Waals surface area contributed by atoms with Crippen LogP contribution in [0.2, 0.25) is 0 Å². The molecular formula is C19H21FN2O2. The second kappa shape index (κ2) is 7.81. The van der Waals surface area contributed by atoms with Crippen molar-refractivity contribution in [2.75, 3.05) is 19.7 Å². The molecule has 1 N–H and O–H groups in total. The molecule has 2 aromatic carbocycles. The van der Waals surface area contributed by atoms with Gasteiger partial charge in [0.15, 0.2) is 0 Å². The Hall–Kier alpha value is -2.56. The Morgan fingerprint density at radius 2 is 1.88 bits per heavy atom. The molecule has 4 nitrogen and oxygen atoms in total. The zero-order valence-corrected chi connectivity index (χ0v) is 13.5. The maximum absolute atomic E-state index is 12.8. The lowest BCUT2D eigenvalue weighted by molar-refractivity contribution is 0.191. The third-order valence-electron chi connectivity index (χ3n) is 4.10. The second-order valence-corrected chi connectivity index (χ2v) is 5.83. The van der Waals surface area contributed by atoms with E-state index in [1.807, 2.05) is 17.0 Å². The second-order valence-electron chi connectivity index (χ2n) is 5.83. The molecule has 0 atom stereocenters. The van der Waals surface area contributed by atoms with Crippen LogP contribution in [0, 0.1) is 5.82 Å². The van der Waals surface area contributed by atoms with E-state index < -0.39 is 0 Å². The summed E-state index contributed by atoms with van der Waals surface area (Å²) in [4.78, 5) is 14.0. The largest absolute Gasteiger partial charge is 0.494 e. The average Bonchev–Trinajstić information content (AvgIpc) is 2.62. The van der Waals surface area contributed by atoms with Crippen LogP contribution in [0.4, 0.5) is 9.18 Å². The maximum Gasteiger partial charge on any atom is 0.317 e. The summed E-state index contributed by atoms with van der Waals surface area (Å²) in [5.41, 5.74) is 2.55. The third-order valence-corrected chi connectivity index (χ3v) is 4.10. The number of hydrogen-bond acceptors (Lipinski definition) is 2. The van der Waals surface area contributed by atoms with Crippen molar-refractivity contribution >= 4 is 6.03 Å². The number of amides is 2. The van der Waals surface area contributed by atoms with Gasteiger partial charge in [-0.3, -0.25) is 0 Å². The van der Waals surface area contributed by atoms with Gasteiger partial charge in [0.2, 0.25) is 0 Å². The molecule has 24 heavy (non-hydrogen) atoms. The Kier molecular flexibility index (Phi) is 5.31. The van der Waals surface area contributed by atoms with Crippen LogP contribution in [-0.4, -0.2) is 30.6 Å². The van der Waals surface area contributed by atoms with Crippen molar-refractivity contribution in [2.45, 2.75) is 19.4 Å². The van der Waals surface area contributed by atoms with Gasteiger partial charge in [-0.25, -0.2) is 9.18 Å². The number of rotatable bonds is 5. The lowest BCUT2D eigenvalue weighted by Gasteiger charge is -2.28. The fourth-order valence-corrected chi connectivity index (χ4v) is 2.77. The van der Waals surface area contributed by atoms with Crippen molar-refractivity contribution in [1.82, 2.24) is 10.2 Å². The van der Waals surface area contributed by atoms with Crippen LogP contribution in [0.5, 0.6) is 5.75 Å². The summed E-state index contributed by atoms with van der Waals surface area (Å²) >= 11 is 0. The van der Waals surface area contributed by atoms with Crippen LogP contribution in [-0.2, 0) is 13.0 Å². The lowest BCUT2D eigenvalue weighted by atomic mass is 10.0. The maximum atomic E-state index is 12.8. The minimum absolute atomic E-state index is 0.0358. The Labute approximate surface area is 141 Å². The molecule has 0 aromatic heterocycles. The Morgan fingerprint density at radius 3 is 2.67 bits per heavy atom. The fourth-order valence-electron chi connectivity index (χ4n) is 2.77. The highest BCUT2D eigenvalue weighted by atomic mass is 19.1. The van der Waals surface area contributed by atoms with E-state index >= 15 is 0 Å². The quantitative estimate of drug-likeness (QED) is 0.855. The van der Waals surface area contributed by atoms with E-state index in [9.17, 15) is 9.18 Å². The molecule has 3 rings (SSSR count). The van der Waals surface area contributed by atoms with E-state index in [1.165, 1.54) is 23.3 Å². The van der Waals surface area contributed by atoms with Crippen LogP contribution >= 0.6 is 0 Å². The molecule has 0 bridgehead atoms. The predicted molar refractivity (Wildman–Crippen MR) is 90.5 cm³/mol. The van der Waals surface area contributed by atoms with Gasteiger partial charge in [0.05, 0.1) is 6.61 Å². The number of carbonyl (C=O) groups is 1. The highest BCUT2D eigenvalue weighted by Crippen LogP contribution is 2.18. The van der Waals surface area contributed by atoms with Crippen molar-refractivity contribution in [1.29, 1.82) is 0 Å². The van der Waals surface area contributed by atoms with Gasteiger partial charge in [-0.2, -0.15) is 0 Å². The van der Waals surface area contributed by atoms with E-state index in [-0.39, 0.29) is 11.8 Å². The molecule has 5 heteroatoms. The van der Waals surface area contributed by atoms with Crippen molar-refractivity contribution in [3.8, 4) is 5.75 Å². The monoisotopic (exact) mass is 328 g/mol. The van der Waals surface area contributed by atoms with Gasteiger partial charge in [0.1, 0.15) is 11.6 Å².